The summed E-state index contributed by atoms with van der Waals surface area (Å²) in [5.41, 5.74) is 1.75. The van der Waals surface area contributed by atoms with Gasteiger partial charge >= 0.3 is 0 Å². The number of carbonyl (C=O) groups excluding carboxylic acids is 1. The first-order valence-corrected chi connectivity index (χ1v) is 9.57. The third-order valence-electron chi connectivity index (χ3n) is 4.98. The number of ketones is 1. The van der Waals surface area contributed by atoms with E-state index in [0.29, 0.717) is 30.7 Å². The average Bonchev–Trinajstić information content (AvgIpc) is 3.24. The summed E-state index contributed by atoms with van der Waals surface area (Å²) in [6.07, 6.45) is 9.14. The van der Waals surface area contributed by atoms with Crippen molar-refractivity contribution in [1.82, 2.24) is 24.3 Å². The van der Waals surface area contributed by atoms with Crippen LogP contribution in [-0.2, 0) is 17.9 Å². The molecule has 0 spiro atoms. The van der Waals surface area contributed by atoms with Gasteiger partial charge in [0.1, 0.15) is 11.4 Å². The van der Waals surface area contributed by atoms with Gasteiger partial charge in [-0.2, -0.15) is 10.1 Å². The first-order valence-electron chi connectivity index (χ1n) is 9.57. The molecule has 3 aromatic heterocycles. The molecule has 0 radical (unpaired) electrons. The maximum Gasteiger partial charge on any atom is 0.229 e. The lowest BCUT2D eigenvalue weighted by Gasteiger charge is -2.20. The SMILES string of the molecule is CCC(Cn1ccc2cnc(Nc3cnn(CCC(C)=O)c3)nc21)C(C)C. The van der Waals surface area contributed by atoms with Crippen LogP contribution in [0, 0.1) is 11.8 Å². The Labute approximate surface area is 159 Å². The largest absolute Gasteiger partial charge is 0.332 e. The van der Waals surface area contributed by atoms with E-state index in [1.165, 1.54) is 0 Å². The van der Waals surface area contributed by atoms with E-state index in [-0.39, 0.29) is 5.78 Å². The van der Waals surface area contributed by atoms with E-state index >= 15 is 0 Å². The maximum atomic E-state index is 11.1. The standard InChI is InChI=1S/C20H28N6O/c1-5-16(14(2)3)12-25-8-7-17-10-21-20(24-19(17)25)23-18-11-22-26(13-18)9-6-15(4)27/h7-8,10-11,13-14,16H,5-6,9,12H2,1-4H3,(H,21,23,24). The number of Topliss-reactive ketones (excluding diaryl/α,β-unsaturated/α-hetero) is 1. The highest BCUT2D eigenvalue weighted by molar-refractivity contribution is 5.77. The average molecular weight is 368 g/mol. The lowest BCUT2D eigenvalue weighted by atomic mass is 9.93. The van der Waals surface area contributed by atoms with E-state index in [1.807, 2.05) is 12.4 Å². The van der Waals surface area contributed by atoms with Crippen LogP contribution < -0.4 is 5.32 Å². The van der Waals surface area contributed by atoms with Gasteiger partial charge in [-0.25, -0.2) is 4.98 Å². The number of carbonyl (C=O) groups is 1. The number of rotatable bonds is 9. The van der Waals surface area contributed by atoms with Crippen molar-refractivity contribution >= 4 is 28.5 Å². The van der Waals surface area contributed by atoms with Crippen molar-refractivity contribution in [3.05, 3.63) is 30.9 Å². The summed E-state index contributed by atoms with van der Waals surface area (Å²) in [6, 6.07) is 2.06. The zero-order chi connectivity index (χ0) is 19.4. The van der Waals surface area contributed by atoms with Gasteiger partial charge in [0, 0.05) is 43.5 Å². The van der Waals surface area contributed by atoms with Crippen molar-refractivity contribution in [2.75, 3.05) is 5.32 Å². The van der Waals surface area contributed by atoms with Crippen LogP contribution in [0.15, 0.2) is 30.9 Å². The van der Waals surface area contributed by atoms with E-state index < -0.39 is 0 Å². The molecule has 0 aliphatic heterocycles. The smallest absolute Gasteiger partial charge is 0.229 e. The lowest BCUT2D eigenvalue weighted by Crippen LogP contribution is -2.15. The van der Waals surface area contributed by atoms with Crippen molar-refractivity contribution in [2.24, 2.45) is 11.8 Å². The van der Waals surface area contributed by atoms with Gasteiger partial charge in [0.15, 0.2) is 0 Å². The van der Waals surface area contributed by atoms with Crippen LogP contribution in [0.3, 0.4) is 0 Å². The van der Waals surface area contributed by atoms with Gasteiger partial charge in [-0.05, 0) is 24.8 Å². The number of anilines is 2. The van der Waals surface area contributed by atoms with Crippen molar-refractivity contribution in [1.29, 1.82) is 0 Å². The van der Waals surface area contributed by atoms with E-state index in [1.54, 1.807) is 17.8 Å². The van der Waals surface area contributed by atoms with Gasteiger partial charge in [0.05, 0.1) is 11.9 Å². The van der Waals surface area contributed by atoms with Crippen LogP contribution in [0.1, 0.15) is 40.5 Å². The topological polar surface area (TPSA) is 77.6 Å². The minimum atomic E-state index is 0.154. The Morgan fingerprint density at radius 3 is 2.81 bits per heavy atom. The van der Waals surface area contributed by atoms with Crippen LogP contribution >= 0.6 is 0 Å². The van der Waals surface area contributed by atoms with Gasteiger partial charge in [-0.3, -0.25) is 9.48 Å². The number of aromatic nitrogens is 5. The summed E-state index contributed by atoms with van der Waals surface area (Å²) in [5.74, 6) is 1.95. The molecule has 1 N–H and O–H groups in total. The number of nitrogens with zero attached hydrogens (tertiary/aromatic N) is 5. The Balaban J connectivity index is 1.76. The highest BCUT2D eigenvalue weighted by Crippen LogP contribution is 2.22. The van der Waals surface area contributed by atoms with Gasteiger partial charge in [-0.15, -0.1) is 0 Å². The molecule has 0 aromatic carbocycles. The van der Waals surface area contributed by atoms with Gasteiger partial charge in [-0.1, -0.05) is 27.2 Å². The van der Waals surface area contributed by atoms with Crippen molar-refractivity contribution in [2.45, 2.75) is 53.6 Å². The summed E-state index contributed by atoms with van der Waals surface area (Å²) in [5, 5.41) is 8.51. The predicted molar refractivity (Wildman–Crippen MR) is 107 cm³/mol. The fourth-order valence-electron chi connectivity index (χ4n) is 3.19. The first-order chi connectivity index (χ1) is 13.0. The third kappa shape index (κ3) is 4.72. The second-order valence-electron chi connectivity index (χ2n) is 7.42. The molecule has 0 amide bonds. The van der Waals surface area contributed by atoms with Crippen molar-refractivity contribution in [3.8, 4) is 0 Å². The Kier molecular flexibility index (Phi) is 5.88. The normalized spacial score (nSPS) is 12.6. The van der Waals surface area contributed by atoms with E-state index in [0.717, 1.165) is 29.7 Å². The van der Waals surface area contributed by atoms with Crippen LogP contribution in [0.2, 0.25) is 0 Å². The Hall–Kier alpha value is -2.70. The summed E-state index contributed by atoms with van der Waals surface area (Å²) in [4.78, 5) is 20.2. The van der Waals surface area contributed by atoms with Crippen LogP contribution in [0.25, 0.3) is 11.0 Å². The summed E-state index contributed by atoms with van der Waals surface area (Å²) in [7, 11) is 0. The maximum absolute atomic E-state index is 11.1. The van der Waals surface area contributed by atoms with Crippen LogP contribution in [0.4, 0.5) is 11.6 Å². The molecule has 0 bridgehead atoms. The molecule has 0 aliphatic carbocycles. The molecule has 0 saturated carbocycles. The number of nitrogens with one attached hydrogen (secondary N) is 1. The quantitative estimate of drug-likeness (QED) is 0.617. The Morgan fingerprint density at radius 1 is 1.30 bits per heavy atom. The molecule has 7 nitrogen and oxygen atoms in total. The highest BCUT2D eigenvalue weighted by Gasteiger charge is 2.14. The van der Waals surface area contributed by atoms with E-state index in [4.69, 9.17) is 4.98 Å². The van der Waals surface area contributed by atoms with Crippen LogP contribution in [0.5, 0.6) is 0 Å². The first kappa shape index (κ1) is 19.1. The fraction of sp³-hybridized carbons (Fsp3) is 0.500. The second-order valence-corrected chi connectivity index (χ2v) is 7.42. The molecule has 1 atom stereocenters. The molecule has 3 rings (SSSR count). The molecule has 1 unspecified atom stereocenters. The molecule has 3 aromatic rings. The minimum absolute atomic E-state index is 0.154. The van der Waals surface area contributed by atoms with Crippen molar-refractivity contribution < 1.29 is 4.79 Å². The number of hydrogen-bond acceptors (Lipinski definition) is 5. The molecule has 0 saturated heterocycles. The summed E-state index contributed by atoms with van der Waals surface area (Å²) in [6.45, 7) is 9.90. The molecule has 0 fully saturated rings. The lowest BCUT2D eigenvalue weighted by molar-refractivity contribution is -0.117. The molecule has 0 aliphatic rings. The van der Waals surface area contributed by atoms with Crippen LogP contribution in [-0.4, -0.2) is 30.1 Å². The highest BCUT2D eigenvalue weighted by atomic mass is 16.1. The molecule has 3 heterocycles. The molecule has 144 valence electrons. The summed E-state index contributed by atoms with van der Waals surface area (Å²) < 4.78 is 3.96. The molecular weight excluding hydrogens is 340 g/mol. The monoisotopic (exact) mass is 368 g/mol. The zero-order valence-electron chi connectivity index (χ0n) is 16.5. The Bertz CT molecular complexity index is 910. The number of aryl methyl sites for hydroxylation is 1. The molecule has 27 heavy (non-hydrogen) atoms. The molecular formula is C20H28N6O. The predicted octanol–water partition coefficient (Wildman–Crippen LogP) is 4.03. The minimum Gasteiger partial charge on any atom is -0.332 e. The Morgan fingerprint density at radius 2 is 2.11 bits per heavy atom. The zero-order valence-corrected chi connectivity index (χ0v) is 16.5. The van der Waals surface area contributed by atoms with E-state index in [2.05, 4.69) is 53.0 Å². The van der Waals surface area contributed by atoms with Gasteiger partial charge in [0.25, 0.3) is 0 Å². The number of fused-ring (bicyclic) bond motifs is 1. The summed E-state index contributed by atoms with van der Waals surface area (Å²) >= 11 is 0. The fourth-order valence-corrected chi connectivity index (χ4v) is 3.19. The van der Waals surface area contributed by atoms with Crippen molar-refractivity contribution in [3.63, 3.8) is 0 Å². The number of hydrogen-bond donors (Lipinski definition) is 1. The van der Waals surface area contributed by atoms with Gasteiger partial charge in [0.2, 0.25) is 5.95 Å². The molecule has 7 heteroatoms. The third-order valence-corrected chi connectivity index (χ3v) is 4.98. The van der Waals surface area contributed by atoms with E-state index in [9.17, 15) is 4.79 Å². The van der Waals surface area contributed by atoms with Gasteiger partial charge < -0.3 is 9.88 Å². The second kappa shape index (κ2) is 8.33.